The molecule has 1 fully saturated rings. The maximum atomic E-state index is 9.73. The first-order chi connectivity index (χ1) is 8.61. The number of unbranched alkanes of at least 4 members (excludes halogenated alkanes) is 2. The minimum Gasteiger partial charge on any atom is -0.388 e. The van der Waals surface area contributed by atoms with E-state index in [0.717, 1.165) is 25.0 Å². The molecule has 1 saturated heterocycles. The monoisotopic (exact) mass is 298 g/mol. The molecule has 7 heteroatoms. The van der Waals surface area contributed by atoms with Crippen molar-refractivity contribution in [2.24, 2.45) is 0 Å². The zero-order valence-electron chi connectivity index (χ0n) is 10.2. The molecule has 1 aliphatic heterocycles. The first kappa shape index (κ1) is 16.6. The van der Waals surface area contributed by atoms with Gasteiger partial charge in [0.2, 0.25) is 0 Å². The maximum Gasteiger partial charge on any atom is 0.186 e. The largest absolute Gasteiger partial charge is 0.388 e. The van der Waals surface area contributed by atoms with Crippen LogP contribution < -0.4 is 0 Å². The first-order valence-electron chi connectivity index (χ1n) is 6.14. The SMILES string of the molecule is OC1C(O)[C@@H](O)C(CS)O[C@H]1OCCCCCS. The smallest absolute Gasteiger partial charge is 0.186 e. The van der Waals surface area contributed by atoms with Crippen LogP contribution in [0.15, 0.2) is 0 Å². The van der Waals surface area contributed by atoms with Gasteiger partial charge in [0.15, 0.2) is 6.29 Å². The predicted molar refractivity (Wildman–Crippen MR) is 74.2 cm³/mol. The van der Waals surface area contributed by atoms with Crippen LogP contribution >= 0.6 is 25.3 Å². The van der Waals surface area contributed by atoms with Crippen molar-refractivity contribution in [3.63, 3.8) is 0 Å². The molecule has 5 atom stereocenters. The lowest BCUT2D eigenvalue weighted by Gasteiger charge is -2.39. The molecule has 1 aliphatic rings. The van der Waals surface area contributed by atoms with E-state index in [2.05, 4.69) is 25.3 Å². The number of hydrogen-bond acceptors (Lipinski definition) is 7. The number of rotatable bonds is 7. The van der Waals surface area contributed by atoms with E-state index in [9.17, 15) is 15.3 Å². The van der Waals surface area contributed by atoms with Crippen LogP contribution in [0.4, 0.5) is 0 Å². The maximum absolute atomic E-state index is 9.73. The zero-order valence-corrected chi connectivity index (χ0v) is 12.0. The second kappa shape index (κ2) is 8.63. The van der Waals surface area contributed by atoms with Crippen molar-refractivity contribution in [2.45, 2.75) is 50.0 Å². The second-order valence-electron chi connectivity index (χ2n) is 4.35. The Morgan fingerprint density at radius 1 is 0.944 bits per heavy atom. The van der Waals surface area contributed by atoms with Crippen LogP contribution in [0.1, 0.15) is 19.3 Å². The van der Waals surface area contributed by atoms with Crippen LogP contribution in [0.2, 0.25) is 0 Å². The van der Waals surface area contributed by atoms with Gasteiger partial charge in [-0.3, -0.25) is 0 Å². The molecule has 0 aromatic rings. The standard InChI is InChI=1S/C11H22O5S2/c12-8-7(6-18)16-11(10(14)9(8)13)15-4-2-1-3-5-17/h7-14,17-18H,1-6H2/t7?,8-,9?,10?,11+/m0/s1. The second-order valence-corrected chi connectivity index (χ2v) is 5.16. The van der Waals surface area contributed by atoms with Crippen LogP contribution in [0, 0.1) is 0 Å². The molecule has 0 aromatic heterocycles. The van der Waals surface area contributed by atoms with E-state index in [0.29, 0.717) is 6.61 Å². The third kappa shape index (κ3) is 4.56. The van der Waals surface area contributed by atoms with Gasteiger partial charge in [0.25, 0.3) is 0 Å². The predicted octanol–water partition coefficient (Wildman–Crippen LogP) is -0.160. The highest BCUT2D eigenvalue weighted by molar-refractivity contribution is 7.80. The summed E-state index contributed by atoms with van der Waals surface area (Å²) in [6.07, 6.45) is -2.32. The van der Waals surface area contributed by atoms with Crippen LogP contribution in [-0.2, 0) is 9.47 Å². The molecule has 0 saturated carbocycles. The minimum atomic E-state index is -1.27. The van der Waals surface area contributed by atoms with Crippen molar-refractivity contribution >= 4 is 25.3 Å². The average Bonchev–Trinajstić information content (AvgIpc) is 2.38. The molecule has 3 unspecified atom stereocenters. The summed E-state index contributed by atoms with van der Waals surface area (Å²) in [7, 11) is 0. The molecule has 0 spiro atoms. The van der Waals surface area contributed by atoms with E-state index in [1.807, 2.05) is 0 Å². The van der Waals surface area contributed by atoms with Gasteiger partial charge >= 0.3 is 0 Å². The Morgan fingerprint density at radius 2 is 1.67 bits per heavy atom. The Bertz CT molecular complexity index is 229. The van der Waals surface area contributed by atoms with E-state index in [4.69, 9.17) is 9.47 Å². The molecule has 1 heterocycles. The van der Waals surface area contributed by atoms with Crippen molar-refractivity contribution in [3.05, 3.63) is 0 Å². The summed E-state index contributed by atoms with van der Waals surface area (Å²) >= 11 is 8.14. The normalized spacial score (nSPS) is 36.8. The lowest BCUT2D eigenvalue weighted by Crippen LogP contribution is -2.58. The summed E-state index contributed by atoms with van der Waals surface area (Å²) < 4.78 is 10.8. The van der Waals surface area contributed by atoms with Gasteiger partial charge in [0.05, 0.1) is 6.10 Å². The van der Waals surface area contributed by atoms with Gasteiger partial charge in [-0.05, 0) is 18.6 Å². The van der Waals surface area contributed by atoms with Gasteiger partial charge < -0.3 is 24.8 Å². The van der Waals surface area contributed by atoms with Gasteiger partial charge in [0, 0.05) is 12.4 Å². The highest BCUT2D eigenvalue weighted by Gasteiger charge is 2.43. The van der Waals surface area contributed by atoms with Crippen molar-refractivity contribution in [1.82, 2.24) is 0 Å². The molecule has 0 amide bonds. The third-order valence-corrected chi connectivity index (χ3v) is 3.61. The van der Waals surface area contributed by atoms with Crippen molar-refractivity contribution in [1.29, 1.82) is 0 Å². The number of thiol groups is 2. The fraction of sp³-hybridized carbons (Fsp3) is 1.00. The first-order valence-corrected chi connectivity index (χ1v) is 7.41. The van der Waals surface area contributed by atoms with Crippen LogP contribution in [-0.4, -0.2) is 64.1 Å². The molecule has 1 rings (SSSR count). The van der Waals surface area contributed by atoms with Gasteiger partial charge in [-0.1, -0.05) is 6.42 Å². The number of hydrogen-bond donors (Lipinski definition) is 5. The summed E-state index contributed by atoms with van der Waals surface area (Å²) in [6.45, 7) is 0.442. The molecule has 0 aromatic carbocycles. The fourth-order valence-electron chi connectivity index (χ4n) is 1.80. The topological polar surface area (TPSA) is 79.2 Å². The Balaban J connectivity index is 2.35. The molecule has 0 bridgehead atoms. The van der Waals surface area contributed by atoms with E-state index in [-0.39, 0.29) is 5.75 Å². The summed E-state index contributed by atoms with van der Waals surface area (Å²) in [5, 5.41) is 29.0. The Hall–Kier alpha value is 0.500. The molecular formula is C11H22O5S2. The summed E-state index contributed by atoms with van der Waals surface area (Å²) in [4.78, 5) is 0. The van der Waals surface area contributed by atoms with E-state index < -0.39 is 30.7 Å². The summed E-state index contributed by atoms with van der Waals surface area (Å²) in [5.41, 5.74) is 0. The summed E-state index contributed by atoms with van der Waals surface area (Å²) in [6, 6.07) is 0. The molecule has 108 valence electrons. The Morgan fingerprint density at radius 3 is 2.28 bits per heavy atom. The van der Waals surface area contributed by atoms with Gasteiger partial charge in [-0.25, -0.2) is 0 Å². The quantitative estimate of drug-likeness (QED) is 0.333. The lowest BCUT2D eigenvalue weighted by molar-refractivity contribution is -0.292. The Labute approximate surface area is 118 Å². The molecule has 0 aliphatic carbocycles. The summed E-state index contributed by atoms with van der Waals surface area (Å²) in [5.74, 6) is 1.10. The van der Waals surface area contributed by atoms with Crippen molar-refractivity contribution < 1.29 is 24.8 Å². The van der Waals surface area contributed by atoms with Crippen molar-refractivity contribution in [2.75, 3.05) is 18.1 Å². The zero-order chi connectivity index (χ0) is 13.5. The van der Waals surface area contributed by atoms with Gasteiger partial charge in [-0.2, -0.15) is 25.3 Å². The van der Waals surface area contributed by atoms with Crippen molar-refractivity contribution in [3.8, 4) is 0 Å². The third-order valence-electron chi connectivity index (χ3n) is 2.93. The van der Waals surface area contributed by atoms with E-state index in [1.54, 1.807) is 0 Å². The highest BCUT2D eigenvalue weighted by Crippen LogP contribution is 2.23. The highest BCUT2D eigenvalue weighted by atomic mass is 32.1. The number of aliphatic hydroxyl groups is 3. The van der Waals surface area contributed by atoms with Crippen LogP contribution in [0.3, 0.4) is 0 Å². The fourth-order valence-corrected chi connectivity index (χ4v) is 2.32. The molecule has 5 nitrogen and oxygen atoms in total. The minimum absolute atomic E-state index is 0.254. The van der Waals surface area contributed by atoms with E-state index >= 15 is 0 Å². The van der Waals surface area contributed by atoms with E-state index in [1.165, 1.54) is 0 Å². The van der Waals surface area contributed by atoms with Crippen LogP contribution in [0.5, 0.6) is 0 Å². The number of aliphatic hydroxyl groups excluding tert-OH is 3. The Kier molecular flexibility index (Phi) is 7.93. The molecule has 0 radical (unpaired) electrons. The van der Waals surface area contributed by atoms with Crippen LogP contribution in [0.25, 0.3) is 0 Å². The molecule has 3 N–H and O–H groups in total. The molecule has 18 heavy (non-hydrogen) atoms. The average molecular weight is 298 g/mol. The number of ether oxygens (including phenoxy) is 2. The van der Waals surface area contributed by atoms with Gasteiger partial charge in [-0.15, -0.1) is 0 Å². The van der Waals surface area contributed by atoms with Gasteiger partial charge in [0.1, 0.15) is 18.3 Å². The lowest BCUT2D eigenvalue weighted by atomic mass is 10.00. The molecular weight excluding hydrogens is 276 g/mol.